The molecule has 0 aromatic heterocycles. The van der Waals surface area contributed by atoms with Crippen molar-refractivity contribution in [3.8, 4) is 5.75 Å². The molecule has 0 aliphatic rings. The number of ether oxygens (including phenoxy) is 1. The number of nitrogens with one attached hydrogen (secondary N) is 1. The monoisotopic (exact) mass is 376 g/mol. The van der Waals surface area contributed by atoms with E-state index in [0.29, 0.717) is 18.7 Å². The van der Waals surface area contributed by atoms with Gasteiger partial charge >= 0.3 is 0 Å². The molecule has 2 aromatic carbocycles. The Balaban J connectivity index is 1.86. The third-order valence-corrected chi connectivity index (χ3v) is 5.07. The van der Waals surface area contributed by atoms with E-state index in [1.165, 1.54) is 10.6 Å². The van der Waals surface area contributed by atoms with Crippen LogP contribution in [0.5, 0.6) is 5.75 Å². The second-order valence-corrected chi connectivity index (χ2v) is 7.77. The minimum Gasteiger partial charge on any atom is -0.496 e. The predicted octanol–water partition coefficient (Wildman–Crippen LogP) is 2.56. The highest BCUT2D eigenvalue weighted by atomic mass is 32.2. The van der Waals surface area contributed by atoms with Crippen molar-refractivity contribution in [1.29, 1.82) is 0 Å². The molecule has 140 valence electrons. The molecule has 1 amide bonds. The highest BCUT2D eigenvalue weighted by molar-refractivity contribution is 7.92. The average molecular weight is 376 g/mol. The summed E-state index contributed by atoms with van der Waals surface area (Å²) in [6.07, 6.45) is 1.84. The van der Waals surface area contributed by atoms with Crippen LogP contribution in [-0.2, 0) is 21.4 Å². The van der Waals surface area contributed by atoms with Gasteiger partial charge in [0.05, 0.1) is 19.1 Å². The number of nitrogens with zero attached hydrogens (tertiary/aromatic N) is 1. The molecule has 0 aliphatic heterocycles. The zero-order chi connectivity index (χ0) is 19.0. The smallest absolute Gasteiger partial charge is 0.232 e. The summed E-state index contributed by atoms with van der Waals surface area (Å²) in [7, 11) is -1.81. The van der Waals surface area contributed by atoms with Crippen LogP contribution in [0.2, 0.25) is 0 Å². The van der Waals surface area contributed by atoms with Crippen molar-refractivity contribution in [2.45, 2.75) is 19.4 Å². The lowest BCUT2D eigenvalue weighted by molar-refractivity contribution is -0.121. The number of hydrogen-bond donors (Lipinski definition) is 1. The Bertz CT molecular complexity index is 822. The lowest BCUT2D eigenvalue weighted by Gasteiger charge is -2.22. The van der Waals surface area contributed by atoms with Crippen molar-refractivity contribution in [3.05, 3.63) is 60.2 Å². The van der Waals surface area contributed by atoms with Gasteiger partial charge in [0.2, 0.25) is 15.9 Å². The zero-order valence-corrected chi connectivity index (χ0v) is 15.8. The van der Waals surface area contributed by atoms with Gasteiger partial charge in [0, 0.05) is 25.1 Å². The van der Waals surface area contributed by atoms with Crippen LogP contribution in [0.4, 0.5) is 5.69 Å². The van der Waals surface area contributed by atoms with Gasteiger partial charge in [0.25, 0.3) is 0 Å². The maximum absolute atomic E-state index is 12.1. The van der Waals surface area contributed by atoms with Crippen LogP contribution >= 0.6 is 0 Å². The van der Waals surface area contributed by atoms with Gasteiger partial charge in [-0.25, -0.2) is 8.42 Å². The van der Waals surface area contributed by atoms with Crippen molar-refractivity contribution in [1.82, 2.24) is 5.32 Å². The van der Waals surface area contributed by atoms with Gasteiger partial charge < -0.3 is 10.1 Å². The van der Waals surface area contributed by atoms with E-state index in [4.69, 9.17) is 4.74 Å². The van der Waals surface area contributed by atoms with Crippen molar-refractivity contribution in [2.75, 3.05) is 24.2 Å². The van der Waals surface area contributed by atoms with E-state index < -0.39 is 10.0 Å². The highest BCUT2D eigenvalue weighted by Crippen LogP contribution is 2.18. The Labute approximate surface area is 154 Å². The van der Waals surface area contributed by atoms with E-state index in [-0.39, 0.29) is 18.9 Å². The molecular formula is C19H24N2O4S. The van der Waals surface area contributed by atoms with Gasteiger partial charge in [-0.05, 0) is 24.6 Å². The second kappa shape index (κ2) is 9.24. The van der Waals surface area contributed by atoms with Crippen molar-refractivity contribution in [2.24, 2.45) is 0 Å². The third kappa shape index (κ3) is 5.77. The van der Waals surface area contributed by atoms with Crippen LogP contribution in [0, 0.1) is 0 Å². The number of hydrogen-bond acceptors (Lipinski definition) is 4. The minimum absolute atomic E-state index is 0.127. The van der Waals surface area contributed by atoms with E-state index in [1.807, 2.05) is 30.3 Å². The summed E-state index contributed by atoms with van der Waals surface area (Å²) in [5.74, 6) is 0.595. The molecule has 0 bridgehead atoms. The summed E-state index contributed by atoms with van der Waals surface area (Å²) in [4.78, 5) is 12.1. The molecule has 0 spiro atoms. The first-order valence-corrected chi connectivity index (χ1v) is 10.2. The van der Waals surface area contributed by atoms with Crippen LogP contribution in [0.15, 0.2) is 54.6 Å². The van der Waals surface area contributed by atoms with Crippen LogP contribution < -0.4 is 14.4 Å². The molecule has 7 heteroatoms. The van der Waals surface area contributed by atoms with E-state index >= 15 is 0 Å². The number of para-hydroxylation sites is 2. The maximum Gasteiger partial charge on any atom is 0.232 e. The number of sulfonamides is 1. The molecule has 0 unspecified atom stereocenters. The molecule has 0 saturated heterocycles. The molecule has 0 radical (unpaired) electrons. The topological polar surface area (TPSA) is 75.7 Å². The summed E-state index contributed by atoms with van der Waals surface area (Å²) in [5.41, 5.74) is 1.50. The maximum atomic E-state index is 12.1. The van der Waals surface area contributed by atoms with Gasteiger partial charge in [-0.3, -0.25) is 9.10 Å². The Morgan fingerprint density at radius 1 is 1.08 bits per heavy atom. The largest absolute Gasteiger partial charge is 0.496 e. The molecule has 2 aromatic rings. The van der Waals surface area contributed by atoms with Gasteiger partial charge in [-0.2, -0.15) is 0 Å². The fourth-order valence-electron chi connectivity index (χ4n) is 2.60. The third-order valence-electron chi connectivity index (χ3n) is 3.88. The number of carbonyl (C=O) groups excluding carboxylic acids is 1. The van der Waals surface area contributed by atoms with Crippen molar-refractivity contribution in [3.63, 3.8) is 0 Å². The SMILES string of the molecule is COc1ccccc1CNC(=O)CCCN(c1ccccc1)S(C)(=O)=O. The number of benzene rings is 2. The molecule has 1 N–H and O–H groups in total. The van der Waals surface area contributed by atoms with E-state index in [2.05, 4.69) is 5.32 Å². The van der Waals surface area contributed by atoms with E-state index in [9.17, 15) is 13.2 Å². The summed E-state index contributed by atoms with van der Waals surface area (Å²) < 4.78 is 30.6. The number of carbonyl (C=O) groups is 1. The molecule has 0 aliphatic carbocycles. The van der Waals surface area contributed by atoms with E-state index in [0.717, 1.165) is 11.3 Å². The first kappa shape index (κ1) is 19.8. The molecular weight excluding hydrogens is 352 g/mol. The molecule has 0 fully saturated rings. The Kier molecular flexibility index (Phi) is 7.03. The fourth-order valence-corrected chi connectivity index (χ4v) is 3.56. The lowest BCUT2D eigenvalue weighted by Crippen LogP contribution is -2.32. The molecule has 0 heterocycles. The molecule has 6 nitrogen and oxygen atoms in total. The normalized spacial score (nSPS) is 11.0. The lowest BCUT2D eigenvalue weighted by atomic mass is 10.2. The second-order valence-electron chi connectivity index (χ2n) is 5.86. The summed E-state index contributed by atoms with van der Waals surface area (Å²) in [6, 6.07) is 16.4. The standard InChI is InChI=1S/C19H24N2O4S/c1-25-18-12-7-6-9-16(18)15-20-19(22)13-8-14-21(26(2,23)24)17-10-4-3-5-11-17/h3-7,9-12H,8,13-15H2,1-2H3,(H,20,22). The Hall–Kier alpha value is -2.54. The van der Waals surface area contributed by atoms with Crippen LogP contribution in [0.1, 0.15) is 18.4 Å². The predicted molar refractivity (Wildman–Crippen MR) is 103 cm³/mol. The van der Waals surface area contributed by atoms with Crippen LogP contribution in [0.25, 0.3) is 0 Å². The molecule has 2 rings (SSSR count). The van der Waals surface area contributed by atoms with Crippen molar-refractivity contribution < 1.29 is 17.9 Å². The van der Waals surface area contributed by atoms with E-state index in [1.54, 1.807) is 31.4 Å². The van der Waals surface area contributed by atoms with Gasteiger partial charge in [-0.15, -0.1) is 0 Å². The zero-order valence-electron chi connectivity index (χ0n) is 15.0. The number of amides is 1. The number of rotatable bonds is 9. The number of methoxy groups -OCH3 is 1. The molecule has 26 heavy (non-hydrogen) atoms. The quantitative estimate of drug-likeness (QED) is 0.730. The summed E-state index contributed by atoms with van der Waals surface area (Å²) >= 11 is 0. The average Bonchev–Trinajstić information content (AvgIpc) is 2.63. The summed E-state index contributed by atoms with van der Waals surface area (Å²) in [6.45, 7) is 0.627. The first-order valence-electron chi connectivity index (χ1n) is 8.33. The van der Waals surface area contributed by atoms with Gasteiger partial charge in [0.15, 0.2) is 0 Å². The first-order chi connectivity index (χ1) is 12.4. The highest BCUT2D eigenvalue weighted by Gasteiger charge is 2.17. The Morgan fingerprint density at radius 2 is 1.73 bits per heavy atom. The van der Waals surface area contributed by atoms with Crippen LogP contribution in [0.3, 0.4) is 0 Å². The minimum atomic E-state index is -3.40. The van der Waals surface area contributed by atoms with Crippen LogP contribution in [-0.4, -0.2) is 34.2 Å². The fraction of sp³-hybridized carbons (Fsp3) is 0.316. The summed E-state index contributed by atoms with van der Waals surface area (Å²) in [5, 5.41) is 2.84. The van der Waals surface area contributed by atoms with Crippen molar-refractivity contribution >= 4 is 21.6 Å². The molecule has 0 saturated carbocycles. The molecule has 0 atom stereocenters. The number of anilines is 1. The van der Waals surface area contributed by atoms with Gasteiger partial charge in [-0.1, -0.05) is 36.4 Å². The Morgan fingerprint density at radius 3 is 2.38 bits per heavy atom. The van der Waals surface area contributed by atoms with Gasteiger partial charge in [0.1, 0.15) is 5.75 Å².